The summed E-state index contributed by atoms with van der Waals surface area (Å²) in [5, 5.41) is 0. The van der Waals surface area contributed by atoms with Crippen molar-refractivity contribution in [3.05, 3.63) is 41.2 Å². The average Bonchev–Trinajstić information content (AvgIpc) is 3.34. The first-order valence-corrected chi connectivity index (χ1v) is 7.95. The van der Waals surface area contributed by atoms with Gasteiger partial charge >= 0.3 is 5.97 Å². The second-order valence-corrected chi connectivity index (χ2v) is 5.45. The van der Waals surface area contributed by atoms with E-state index in [-0.39, 0.29) is 24.0 Å². The smallest absolute Gasteiger partial charge is 0.306 e. The minimum absolute atomic E-state index is 0.149. The quantitative estimate of drug-likeness (QED) is 0.514. The number of esters is 1. The number of benzene rings is 1. The number of hydrogen-bond donors (Lipinski definition) is 0. The van der Waals surface area contributed by atoms with Crippen LogP contribution in [0.15, 0.2) is 24.3 Å². The van der Waals surface area contributed by atoms with Gasteiger partial charge in [-0.3, -0.25) is 4.79 Å². The normalized spacial score (nSPS) is 18.1. The largest absolute Gasteiger partial charge is 0.466 e. The third-order valence-corrected chi connectivity index (χ3v) is 3.54. The summed E-state index contributed by atoms with van der Waals surface area (Å²) in [6.07, 6.45) is 4.60. The van der Waals surface area contributed by atoms with Gasteiger partial charge in [-0.2, -0.15) is 0 Å². The lowest BCUT2D eigenvalue weighted by Crippen LogP contribution is -2.07. The van der Waals surface area contributed by atoms with E-state index in [1.54, 1.807) is 13.0 Å². The topological polar surface area (TPSA) is 48.1 Å². The first kappa shape index (κ1) is 17.6. The Morgan fingerprint density at radius 2 is 2.30 bits per heavy atom. The minimum Gasteiger partial charge on any atom is -0.466 e. The van der Waals surface area contributed by atoms with Gasteiger partial charge in [-0.15, -0.1) is 0 Å². The highest BCUT2D eigenvalue weighted by atomic mass is 19.1. The molecule has 4 nitrogen and oxygen atoms in total. The van der Waals surface area contributed by atoms with Gasteiger partial charge in [0.2, 0.25) is 0 Å². The van der Waals surface area contributed by atoms with Crippen molar-refractivity contribution in [3.8, 4) is 0 Å². The van der Waals surface area contributed by atoms with Gasteiger partial charge in [-0.25, -0.2) is 4.39 Å². The van der Waals surface area contributed by atoms with Crippen molar-refractivity contribution in [1.29, 1.82) is 0 Å². The van der Waals surface area contributed by atoms with Crippen LogP contribution < -0.4 is 0 Å². The summed E-state index contributed by atoms with van der Waals surface area (Å²) >= 11 is 0. The molecule has 2 rings (SSSR count). The molecule has 1 heterocycles. The Kier molecular flexibility index (Phi) is 6.74. The van der Waals surface area contributed by atoms with E-state index >= 15 is 0 Å². The van der Waals surface area contributed by atoms with Crippen molar-refractivity contribution in [2.24, 2.45) is 0 Å². The van der Waals surface area contributed by atoms with Crippen LogP contribution in [-0.4, -0.2) is 31.9 Å². The minimum atomic E-state index is -0.295. The predicted octanol–water partition coefficient (Wildman–Crippen LogP) is 3.66. The van der Waals surface area contributed by atoms with Crippen LogP contribution in [0.4, 0.5) is 4.39 Å². The van der Waals surface area contributed by atoms with Crippen LogP contribution in [0.1, 0.15) is 43.9 Å². The Balaban J connectivity index is 1.95. The molecule has 1 aliphatic rings. The second kappa shape index (κ2) is 8.79. The van der Waals surface area contributed by atoms with Gasteiger partial charge in [-0.1, -0.05) is 18.2 Å². The first-order valence-electron chi connectivity index (χ1n) is 7.95. The number of ether oxygens (including phenoxy) is 3. The van der Waals surface area contributed by atoms with Crippen molar-refractivity contribution in [3.63, 3.8) is 0 Å². The molecule has 126 valence electrons. The number of carbonyl (C=O) groups excluding carboxylic acids is 1. The van der Waals surface area contributed by atoms with Gasteiger partial charge < -0.3 is 14.2 Å². The van der Waals surface area contributed by atoms with Gasteiger partial charge in [0, 0.05) is 6.42 Å². The maximum Gasteiger partial charge on any atom is 0.306 e. The Hall–Kier alpha value is -1.72. The van der Waals surface area contributed by atoms with Gasteiger partial charge in [-0.05, 0) is 43.5 Å². The summed E-state index contributed by atoms with van der Waals surface area (Å²) < 4.78 is 29.3. The molecule has 1 fully saturated rings. The molecule has 1 aromatic carbocycles. The number of allylic oxidation sites excluding steroid dienone is 1. The van der Waals surface area contributed by atoms with E-state index in [0.717, 1.165) is 17.7 Å². The number of carbonyl (C=O) groups is 1. The summed E-state index contributed by atoms with van der Waals surface area (Å²) in [5.41, 5.74) is 1.68. The van der Waals surface area contributed by atoms with Gasteiger partial charge in [0.25, 0.3) is 0 Å². The molecule has 1 aliphatic heterocycles. The lowest BCUT2D eigenvalue weighted by molar-refractivity contribution is -0.142. The Morgan fingerprint density at radius 1 is 1.52 bits per heavy atom. The van der Waals surface area contributed by atoms with Crippen LogP contribution in [0.5, 0.6) is 0 Å². The van der Waals surface area contributed by atoms with E-state index in [9.17, 15) is 9.18 Å². The van der Waals surface area contributed by atoms with E-state index in [4.69, 9.17) is 14.2 Å². The zero-order valence-electron chi connectivity index (χ0n) is 13.6. The summed E-state index contributed by atoms with van der Waals surface area (Å²) in [6.45, 7) is 5.39. The fraction of sp³-hybridized carbons (Fsp3) is 0.500. The van der Waals surface area contributed by atoms with Crippen LogP contribution in [0.3, 0.4) is 0 Å². The molecule has 1 aromatic rings. The van der Waals surface area contributed by atoms with Crippen molar-refractivity contribution < 1.29 is 23.4 Å². The van der Waals surface area contributed by atoms with Gasteiger partial charge in [0.15, 0.2) is 0 Å². The van der Waals surface area contributed by atoms with Gasteiger partial charge in [0.05, 0.1) is 25.9 Å². The molecule has 5 heteroatoms. The molecule has 2 unspecified atom stereocenters. The van der Waals surface area contributed by atoms with Crippen LogP contribution in [0, 0.1) is 5.82 Å². The van der Waals surface area contributed by atoms with Crippen molar-refractivity contribution in [1.82, 2.24) is 0 Å². The summed E-state index contributed by atoms with van der Waals surface area (Å²) in [6, 6.07) is 4.64. The number of hydrogen-bond acceptors (Lipinski definition) is 4. The number of epoxide rings is 1. The van der Waals surface area contributed by atoms with E-state index in [1.165, 1.54) is 12.1 Å². The molecule has 0 aromatic heterocycles. The second-order valence-electron chi connectivity index (χ2n) is 5.45. The highest BCUT2D eigenvalue weighted by Gasteiger charge is 2.24. The summed E-state index contributed by atoms with van der Waals surface area (Å²) in [4.78, 5) is 11.3. The molecule has 0 spiro atoms. The summed E-state index contributed by atoms with van der Waals surface area (Å²) in [5.74, 6) is -0.519. The van der Waals surface area contributed by atoms with Crippen molar-refractivity contribution in [2.75, 3.05) is 19.8 Å². The Morgan fingerprint density at radius 3 is 3.00 bits per heavy atom. The third-order valence-electron chi connectivity index (χ3n) is 3.54. The number of halogens is 1. The van der Waals surface area contributed by atoms with E-state index in [0.29, 0.717) is 26.1 Å². The summed E-state index contributed by atoms with van der Waals surface area (Å²) in [7, 11) is 0. The van der Waals surface area contributed by atoms with Crippen molar-refractivity contribution in [2.45, 2.75) is 38.9 Å². The molecule has 0 radical (unpaired) electrons. The van der Waals surface area contributed by atoms with E-state index in [1.807, 2.05) is 19.1 Å². The zero-order valence-corrected chi connectivity index (χ0v) is 13.6. The number of rotatable bonds is 9. The predicted molar refractivity (Wildman–Crippen MR) is 85.4 cm³/mol. The van der Waals surface area contributed by atoms with Crippen LogP contribution >= 0.6 is 0 Å². The average molecular weight is 322 g/mol. The highest BCUT2D eigenvalue weighted by molar-refractivity contribution is 5.69. The van der Waals surface area contributed by atoms with Crippen molar-refractivity contribution >= 4 is 12.0 Å². The molecule has 0 N–H and O–H groups in total. The lowest BCUT2D eigenvalue weighted by atomic mass is 10.0. The lowest BCUT2D eigenvalue weighted by Gasteiger charge is -2.15. The monoisotopic (exact) mass is 322 g/mol. The molecule has 2 atom stereocenters. The maximum absolute atomic E-state index is 13.5. The third kappa shape index (κ3) is 6.12. The molecular formula is C18H23FO4. The molecule has 0 aliphatic carbocycles. The van der Waals surface area contributed by atoms with Gasteiger partial charge in [0.1, 0.15) is 11.9 Å². The molecule has 0 saturated carbocycles. The molecule has 0 amide bonds. The Bertz CT molecular complexity index is 552. The Labute approximate surface area is 136 Å². The molecule has 1 saturated heterocycles. The molecule has 0 bridgehead atoms. The fourth-order valence-corrected chi connectivity index (χ4v) is 2.21. The van der Waals surface area contributed by atoms with Crippen LogP contribution in [-0.2, 0) is 19.0 Å². The highest BCUT2D eigenvalue weighted by Crippen LogP contribution is 2.25. The maximum atomic E-state index is 13.5. The van der Waals surface area contributed by atoms with E-state index < -0.39 is 0 Å². The first-order chi connectivity index (χ1) is 11.1. The van der Waals surface area contributed by atoms with Crippen LogP contribution in [0.25, 0.3) is 6.08 Å². The molecular weight excluding hydrogens is 299 g/mol. The fourth-order valence-electron chi connectivity index (χ4n) is 2.21. The van der Waals surface area contributed by atoms with E-state index in [2.05, 4.69) is 0 Å². The zero-order chi connectivity index (χ0) is 16.7. The molecule has 23 heavy (non-hydrogen) atoms. The van der Waals surface area contributed by atoms with Crippen LogP contribution in [0.2, 0.25) is 0 Å². The standard InChI is InChI=1S/C18H23FO4/c1-3-21-18(20)7-5-4-6-14-10-15(19)8-9-17(14)13(2)22-11-16-12-23-16/h4,6,8-10,13,16H,3,5,7,11-12H2,1-2H3/b6-4+. The SMILES string of the molecule is CCOC(=O)CC/C=C/c1cc(F)ccc1C(C)OCC1CO1.